The molecule has 1 aliphatic carbocycles. The molecule has 7 nitrogen and oxygen atoms in total. The number of rotatable bonds is 3. The van der Waals surface area contributed by atoms with Crippen molar-refractivity contribution in [1.82, 2.24) is 15.5 Å². The SMILES string of the molecule is NC(=NO)C1(NC(=O)c2cn[nH]c2)CCCC1. The number of nitrogens with zero attached hydrogens (tertiary/aromatic N) is 2. The molecule has 0 aromatic carbocycles. The Labute approximate surface area is 98.1 Å². The standard InChI is InChI=1S/C10H15N5O2/c11-9(15-17)10(3-1-2-4-10)14-8(16)7-5-12-13-6-7/h5-6,17H,1-4H2,(H2,11,15)(H,12,13)(H,14,16). The molecule has 1 fully saturated rings. The second-order valence-corrected chi connectivity index (χ2v) is 4.22. The van der Waals surface area contributed by atoms with Crippen LogP contribution in [0.5, 0.6) is 0 Å². The van der Waals surface area contributed by atoms with Gasteiger partial charge in [-0.2, -0.15) is 5.10 Å². The second kappa shape index (κ2) is 4.44. The maximum absolute atomic E-state index is 11.9. The fourth-order valence-electron chi connectivity index (χ4n) is 2.18. The van der Waals surface area contributed by atoms with Crippen LogP contribution in [-0.2, 0) is 0 Å². The number of hydrogen-bond donors (Lipinski definition) is 4. The molecule has 0 bridgehead atoms. The van der Waals surface area contributed by atoms with Crippen molar-refractivity contribution in [3.8, 4) is 0 Å². The van der Waals surface area contributed by atoms with Crippen LogP contribution in [0.3, 0.4) is 0 Å². The molecule has 1 amide bonds. The molecule has 0 spiro atoms. The van der Waals surface area contributed by atoms with Crippen molar-refractivity contribution >= 4 is 11.7 Å². The minimum Gasteiger partial charge on any atom is -0.409 e. The Morgan fingerprint density at radius 3 is 2.82 bits per heavy atom. The Balaban J connectivity index is 2.17. The van der Waals surface area contributed by atoms with E-state index in [-0.39, 0.29) is 11.7 Å². The highest BCUT2D eigenvalue weighted by atomic mass is 16.4. The van der Waals surface area contributed by atoms with Gasteiger partial charge in [0.15, 0.2) is 5.84 Å². The van der Waals surface area contributed by atoms with Gasteiger partial charge in [0.05, 0.1) is 11.8 Å². The number of carbonyl (C=O) groups excluding carboxylic acids is 1. The van der Waals surface area contributed by atoms with Crippen LogP contribution in [0.4, 0.5) is 0 Å². The van der Waals surface area contributed by atoms with E-state index in [0.717, 1.165) is 12.8 Å². The zero-order valence-electron chi connectivity index (χ0n) is 9.31. The summed E-state index contributed by atoms with van der Waals surface area (Å²) in [5, 5.41) is 20.9. The van der Waals surface area contributed by atoms with Gasteiger partial charge in [-0.05, 0) is 12.8 Å². The third-order valence-corrected chi connectivity index (χ3v) is 3.17. The number of aromatic nitrogens is 2. The van der Waals surface area contributed by atoms with Gasteiger partial charge in [0, 0.05) is 6.20 Å². The van der Waals surface area contributed by atoms with Gasteiger partial charge < -0.3 is 16.3 Å². The Morgan fingerprint density at radius 2 is 2.29 bits per heavy atom. The fraction of sp³-hybridized carbons (Fsp3) is 0.500. The number of carbonyl (C=O) groups is 1. The summed E-state index contributed by atoms with van der Waals surface area (Å²) in [6.45, 7) is 0. The van der Waals surface area contributed by atoms with Crippen molar-refractivity contribution in [2.24, 2.45) is 10.9 Å². The summed E-state index contributed by atoms with van der Waals surface area (Å²) < 4.78 is 0. The number of aromatic amines is 1. The van der Waals surface area contributed by atoms with Gasteiger partial charge in [-0.15, -0.1) is 0 Å². The first-order valence-electron chi connectivity index (χ1n) is 5.47. The molecule has 0 aliphatic heterocycles. The van der Waals surface area contributed by atoms with Crippen LogP contribution < -0.4 is 11.1 Å². The van der Waals surface area contributed by atoms with E-state index in [1.807, 2.05) is 0 Å². The van der Waals surface area contributed by atoms with E-state index in [9.17, 15) is 4.79 Å². The third kappa shape index (κ3) is 2.08. The topological polar surface area (TPSA) is 116 Å². The third-order valence-electron chi connectivity index (χ3n) is 3.17. The van der Waals surface area contributed by atoms with Crippen LogP contribution in [0.15, 0.2) is 17.5 Å². The lowest BCUT2D eigenvalue weighted by molar-refractivity contribution is 0.0922. The highest BCUT2D eigenvalue weighted by Gasteiger charge is 2.40. The maximum Gasteiger partial charge on any atom is 0.255 e. The summed E-state index contributed by atoms with van der Waals surface area (Å²) in [6, 6.07) is 0. The Bertz CT molecular complexity index is 420. The van der Waals surface area contributed by atoms with Gasteiger partial charge in [0.2, 0.25) is 0 Å². The summed E-state index contributed by atoms with van der Waals surface area (Å²) in [7, 11) is 0. The smallest absolute Gasteiger partial charge is 0.255 e. The van der Waals surface area contributed by atoms with Gasteiger partial charge >= 0.3 is 0 Å². The average molecular weight is 237 g/mol. The molecule has 0 unspecified atom stereocenters. The van der Waals surface area contributed by atoms with Crippen molar-refractivity contribution in [2.75, 3.05) is 0 Å². The maximum atomic E-state index is 11.9. The first kappa shape index (κ1) is 11.4. The Hall–Kier alpha value is -2.05. The van der Waals surface area contributed by atoms with E-state index >= 15 is 0 Å². The number of nitrogens with one attached hydrogen (secondary N) is 2. The molecule has 92 valence electrons. The molecule has 0 saturated heterocycles. The number of oxime groups is 1. The van der Waals surface area contributed by atoms with Gasteiger partial charge in [-0.3, -0.25) is 9.89 Å². The van der Waals surface area contributed by atoms with E-state index in [4.69, 9.17) is 10.9 Å². The lowest BCUT2D eigenvalue weighted by atomic mass is 9.95. The number of nitrogens with two attached hydrogens (primary N) is 1. The van der Waals surface area contributed by atoms with Crippen molar-refractivity contribution < 1.29 is 10.0 Å². The van der Waals surface area contributed by atoms with Gasteiger partial charge in [0.1, 0.15) is 5.54 Å². The first-order chi connectivity index (χ1) is 8.18. The normalized spacial score (nSPS) is 19.2. The molecule has 0 atom stereocenters. The molecule has 1 heterocycles. The molecule has 2 rings (SSSR count). The number of amidine groups is 1. The van der Waals surface area contributed by atoms with Crippen LogP contribution in [0.1, 0.15) is 36.0 Å². The van der Waals surface area contributed by atoms with E-state index in [0.29, 0.717) is 18.4 Å². The van der Waals surface area contributed by atoms with E-state index in [1.165, 1.54) is 12.4 Å². The molecule has 1 aromatic rings. The summed E-state index contributed by atoms with van der Waals surface area (Å²) >= 11 is 0. The van der Waals surface area contributed by atoms with Crippen LogP contribution >= 0.6 is 0 Å². The molecule has 1 aromatic heterocycles. The van der Waals surface area contributed by atoms with E-state index in [2.05, 4.69) is 20.7 Å². The van der Waals surface area contributed by atoms with Crippen molar-refractivity contribution in [2.45, 2.75) is 31.2 Å². The van der Waals surface area contributed by atoms with E-state index < -0.39 is 5.54 Å². The Morgan fingerprint density at radius 1 is 1.59 bits per heavy atom. The predicted molar refractivity (Wildman–Crippen MR) is 60.7 cm³/mol. The molecule has 17 heavy (non-hydrogen) atoms. The van der Waals surface area contributed by atoms with Gasteiger partial charge in [0.25, 0.3) is 5.91 Å². The zero-order valence-corrected chi connectivity index (χ0v) is 9.31. The molecule has 1 aliphatic rings. The van der Waals surface area contributed by atoms with E-state index in [1.54, 1.807) is 0 Å². The zero-order chi connectivity index (χ0) is 12.3. The first-order valence-corrected chi connectivity index (χ1v) is 5.47. The van der Waals surface area contributed by atoms with Crippen molar-refractivity contribution in [3.63, 3.8) is 0 Å². The molecular formula is C10H15N5O2. The van der Waals surface area contributed by atoms with Crippen molar-refractivity contribution in [1.29, 1.82) is 0 Å². The van der Waals surface area contributed by atoms with Crippen LogP contribution in [0, 0.1) is 0 Å². The van der Waals surface area contributed by atoms with Crippen LogP contribution in [0.2, 0.25) is 0 Å². The Kier molecular flexibility index (Phi) is 2.99. The average Bonchev–Trinajstić information content (AvgIpc) is 2.99. The molecule has 1 saturated carbocycles. The quantitative estimate of drug-likeness (QED) is 0.260. The fourth-order valence-corrected chi connectivity index (χ4v) is 2.18. The summed E-state index contributed by atoms with van der Waals surface area (Å²) in [6.07, 6.45) is 6.21. The van der Waals surface area contributed by atoms with Crippen molar-refractivity contribution in [3.05, 3.63) is 18.0 Å². The minimum atomic E-state index is -0.719. The lowest BCUT2D eigenvalue weighted by Crippen LogP contribution is -2.55. The highest BCUT2D eigenvalue weighted by Crippen LogP contribution is 2.30. The number of H-pyrrole nitrogens is 1. The lowest BCUT2D eigenvalue weighted by Gasteiger charge is -2.28. The minimum absolute atomic E-state index is 0.0619. The monoisotopic (exact) mass is 237 g/mol. The van der Waals surface area contributed by atoms with Gasteiger partial charge in [-0.25, -0.2) is 0 Å². The molecule has 7 heteroatoms. The summed E-state index contributed by atoms with van der Waals surface area (Å²) in [4.78, 5) is 11.9. The number of hydrogen-bond acceptors (Lipinski definition) is 4. The van der Waals surface area contributed by atoms with Crippen LogP contribution in [0.25, 0.3) is 0 Å². The van der Waals surface area contributed by atoms with Gasteiger partial charge in [-0.1, -0.05) is 18.0 Å². The number of amides is 1. The summed E-state index contributed by atoms with van der Waals surface area (Å²) in [5.41, 5.74) is 5.39. The molecule has 5 N–H and O–H groups in total. The van der Waals surface area contributed by atoms with Crippen LogP contribution in [-0.4, -0.2) is 32.7 Å². The summed E-state index contributed by atoms with van der Waals surface area (Å²) in [5.74, 6) is -0.209. The predicted octanol–water partition coefficient (Wildman–Crippen LogP) is 0.199. The molecular weight excluding hydrogens is 222 g/mol. The highest BCUT2D eigenvalue weighted by molar-refractivity contribution is 6.00. The second-order valence-electron chi connectivity index (χ2n) is 4.22. The molecule has 0 radical (unpaired) electrons. The largest absolute Gasteiger partial charge is 0.409 e.